The maximum atomic E-state index is 12.5. The number of aliphatic hydroxyl groups excluding tert-OH is 2. The van der Waals surface area contributed by atoms with Crippen LogP contribution in [0.3, 0.4) is 0 Å². The third-order valence-electron chi connectivity index (χ3n) is 14.8. The Balaban J connectivity index is 3.55. The van der Waals surface area contributed by atoms with Crippen molar-refractivity contribution in [2.75, 3.05) is 13.2 Å². The van der Waals surface area contributed by atoms with Gasteiger partial charge < -0.3 is 20.3 Å². The zero-order chi connectivity index (χ0) is 53.6. The number of esters is 1. The van der Waals surface area contributed by atoms with Crippen molar-refractivity contribution in [3.63, 3.8) is 0 Å². The Kier molecular flexibility index (Phi) is 61.0. The van der Waals surface area contributed by atoms with Crippen LogP contribution in [0.15, 0.2) is 60.8 Å². The molecule has 2 atom stereocenters. The first-order valence-electron chi connectivity index (χ1n) is 32.6. The first-order chi connectivity index (χ1) is 36.5. The molecule has 0 aromatic carbocycles. The number of hydrogen-bond donors (Lipinski definition) is 3. The topological polar surface area (TPSA) is 95.9 Å². The number of unbranched alkanes of at least 4 members (excludes halogenated alkanes) is 41. The summed E-state index contributed by atoms with van der Waals surface area (Å²) in [4.78, 5) is 24.6. The zero-order valence-corrected chi connectivity index (χ0v) is 49.3. The number of carbonyl (C=O) groups excluding carboxylic acids is 2. The summed E-state index contributed by atoms with van der Waals surface area (Å²) in [6.07, 6.45) is 82.8. The van der Waals surface area contributed by atoms with Crippen molar-refractivity contribution >= 4 is 11.9 Å². The molecule has 2 unspecified atom stereocenters. The average Bonchev–Trinajstić information content (AvgIpc) is 3.40. The number of carbonyl (C=O) groups is 2. The van der Waals surface area contributed by atoms with Gasteiger partial charge in [-0.05, 0) is 83.5 Å². The highest BCUT2D eigenvalue weighted by atomic mass is 16.5. The molecule has 0 aliphatic rings. The van der Waals surface area contributed by atoms with Crippen LogP contribution >= 0.6 is 0 Å². The summed E-state index contributed by atoms with van der Waals surface area (Å²) >= 11 is 0. The number of aliphatic hydroxyl groups is 2. The van der Waals surface area contributed by atoms with Crippen LogP contribution < -0.4 is 5.32 Å². The highest BCUT2D eigenvalue weighted by molar-refractivity contribution is 5.76. The molecule has 74 heavy (non-hydrogen) atoms. The fourth-order valence-corrected chi connectivity index (χ4v) is 9.77. The lowest BCUT2D eigenvalue weighted by molar-refractivity contribution is -0.143. The van der Waals surface area contributed by atoms with Gasteiger partial charge in [-0.3, -0.25) is 9.59 Å². The zero-order valence-electron chi connectivity index (χ0n) is 49.3. The van der Waals surface area contributed by atoms with Crippen LogP contribution in [0.4, 0.5) is 0 Å². The summed E-state index contributed by atoms with van der Waals surface area (Å²) in [6.45, 7) is 4.83. The lowest BCUT2D eigenvalue weighted by atomic mass is 10.0. The van der Waals surface area contributed by atoms with Crippen LogP contribution in [0.2, 0.25) is 0 Å². The average molecular weight is 1040 g/mol. The molecule has 0 heterocycles. The van der Waals surface area contributed by atoms with Gasteiger partial charge in [-0.25, -0.2) is 0 Å². The molecular weight excluding hydrogens is 911 g/mol. The van der Waals surface area contributed by atoms with E-state index in [4.69, 9.17) is 4.74 Å². The number of amides is 1. The molecule has 0 rings (SSSR count). The van der Waals surface area contributed by atoms with E-state index in [1.807, 2.05) is 12.2 Å². The third-order valence-corrected chi connectivity index (χ3v) is 14.8. The van der Waals surface area contributed by atoms with Crippen molar-refractivity contribution < 1.29 is 24.5 Å². The largest absolute Gasteiger partial charge is 0.466 e. The maximum Gasteiger partial charge on any atom is 0.305 e. The Morgan fingerprint density at radius 2 is 0.689 bits per heavy atom. The van der Waals surface area contributed by atoms with E-state index in [1.165, 1.54) is 244 Å². The quantitative estimate of drug-likeness (QED) is 0.0320. The van der Waals surface area contributed by atoms with Crippen molar-refractivity contribution in [3.8, 4) is 0 Å². The highest BCUT2D eigenvalue weighted by Gasteiger charge is 2.17. The summed E-state index contributed by atoms with van der Waals surface area (Å²) in [5.74, 6) is -0.169. The predicted octanol–water partition coefficient (Wildman–Crippen LogP) is 20.7. The Bertz CT molecular complexity index is 1290. The minimum atomic E-state index is -0.883. The molecule has 0 saturated heterocycles. The van der Waals surface area contributed by atoms with Crippen LogP contribution in [0.5, 0.6) is 0 Å². The molecule has 0 spiro atoms. The molecule has 0 aliphatic carbocycles. The van der Waals surface area contributed by atoms with Gasteiger partial charge in [0.1, 0.15) is 0 Å². The van der Waals surface area contributed by atoms with Gasteiger partial charge in [0, 0.05) is 12.8 Å². The number of nitrogens with one attached hydrogen (secondary N) is 1. The lowest BCUT2D eigenvalue weighted by Gasteiger charge is -2.19. The molecule has 3 N–H and O–H groups in total. The predicted molar refractivity (Wildman–Crippen MR) is 324 cm³/mol. The second-order valence-electron chi connectivity index (χ2n) is 22.1. The monoisotopic (exact) mass is 1040 g/mol. The SMILES string of the molecule is CCCCC/C=C\C/C=C\CCCCCCCCCCCC(=O)OCCCCCCCC/C=C\C/C=C\CCC(=O)NC(CO)C(O)/C=C/CCCCCCCCCCCCCCCCCCCCCCCCC. The van der Waals surface area contributed by atoms with Gasteiger partial charge in [-0.15, -0.1) is 0 Å². The van der Waals surface area contributed by atoms with E-state index in [1.54, 1.807) is 6.08 Å². The molecule has 0 radical (unpaired) electrons. The Morgan fingerprint density at radius 1 is 0.378 bits per heavy atom. The molecule has 1 amide bonds. The van der Waals surface area contributed by atoms with Crippen molar-refractivity contribution in [2.45, 2.75) is 347 Å². The van der Waals surface area contributed by atoms with E-state index in [0.29, 0.717) is 25.9 Å². The molecule has 0 aromatic heterocycles. The van der Waals surface area contributed by atoms with E-state index in [2.05, 4.69) is 61.7 Å². The van der Waals surface area contributed by atoms with E-state index >= 15 is 0 Å². The van der Waals surface area contributed by atoms with Crippen molar-refractivity contribution in [1.82, 2.24) is 5.32 Å². The lowest BCUT2D eigenvalue weighted by Crippen LogP contribution is -2.45. The fraction of sp³-hybridized carbons (Fsp3) is 0.824. The maximum absolute atomic E-state index is 12.5. The molecule has 0 saturated carbocycles. The van der Waals surface area contributed by atoms with Gasteiger partial charge in [0.2, 0.25) is 5.91 Å². The van der Waals surface area contributed by atoms with Gasteiger partial charge in [-0.2, -0.15) is 0 Å². The van der Waals surface area contributed by atoms with E-state index in [9.17, 15) is 19.8 Å². The summed E-state index contributed by atoms with van der Waals surface area (Å²) in [7, 11) is 0. The van der Waals surface area contributed by atoms with E-state index < -0.39 is 12.1 Å². The number of rotatable bonds is 60. The fourth-order valence-electron chi connectivity index (χ4n) is 9.77. The third kappa shape index (κ3) is 58.8. The van der Waals surface area contributed by atoms with E-state index in [-0.39, 0.29) is 18.5 Å². The molecule has 0 bridgehead atoms. The molecule has 432 valence electrons. The number of hydrogen-bond acceptors (Lipinski definition) is 5. The highest BCUT2D eigenvalue weighted by Crippen LogP contribution is 2.17. The van der Waals surface area contributed by atoms with Crippen molar-refractivity contribution in [3.05, 3.63) is 60.8 Å². The van der Waals surface area contributed by atoms with Crippen LogP contribution in [0.25, 0.3) is 0 Å². The number of allylic oxidation sites excluding steroid dienone is 9. The van der Waals surface area contributed by atoms with Gasteiger partial charge in [0.25, 0.3) is 0 Å². The Hall–Kier alpha value is -2.44. The van der Waals surface area contributed by atoms with Gasteiger partial charge in [-0.1, -0.05) is 299 Å². The van der Waals surface area contributed by atoms with Crippen LogP contribution in [0.1, 0.15) is 335 Å². The van der Waals surface area contributed by atoms with Crippen LogP contribution in [-0.2, 0) is 14.3 Å². The first kappa shape index (κ1) is 71.6. The minimum Gasteiger partial charge on any atom is -0.466 e. The number of ether oxygens (including phenoxy) is 1. The van der Waals surface area contributed by atoms with Gasteiger partial charge >= 0.3 is 5.97 Å². The van der Waals surface area contributed by atoms with E-state index in [0.717, 1.165) is 57.8 Å². The summed E-state index contributed by atoms with van der Waals surface area (Å²) in [6, 6.07) is -0.675. The Labute approximate surface area is 460 Å². The molecule has 0 aromatic rings. The van der Waals surface area contributed by atoms with Crippen LogP contribution in [0, 0.1) is 0 Å². The standard InChI is InChI=1S/C68H125NO5/c1-3-5-7-9-11-13-15-17-19-21-23-24-25-26-27-28-30-31-33-36-40-44-48-52-56-60-66(71)65(64-70)69-67(72)61-57-53-49-45-41-37-35-39-43-47-51-55-59-63-74-68(73)62-58-54-50-46-42-38-34-32-29-22-20-18-16-14-12-10-8-6-4-2/h12,14,18,20,37,41,49,53,56,60,65-66,70-71H,3-11,13,15-17,19,21-36,38-40,42-48,50-52,54-55,57-59,61-64H2,1-2H3,(H,69,72)/b14-12-,20-18-,41-37-,53-49-,60-56+. The molecular formula is C68H125NO5. The van der Waals surface area contributed by atoms with Crippen molar-refractivity contribution in [2.24, 2.45) is 0 Å². The summed E-state index contributed by atoms with van der Waals surface area (Å²) < 4.78 is 5.48. The minimum absolute atomic E-state index is 0.0221. The second kappa shape index (κ2) is 63.1. The van der Waals surface area contributed by atoms with Gasteiger partial charge in [0.05, 0.1) is 25.4 Å². The van der Waals surface area contributed by atoms with Crippen molar-refractivity contribution in [1.29, 1.82) is 0 Å². The first-order valence-corrected chi connectivity index (χ1v) is 32.6. The molecule has 0 aliphatic heterocycles. The normalized spacial score (nSPS) is 13.0. The smallest absolute Gasteiger partial charge is 0.305 e. The second-order valence-corrected chi connectivity index (χ2v) is 22.1. The molecule has 6 heteroatoms. The summed E-state index contributed by atoms with van der Waals surface area (Å²) in [5, 5.41) is 23.2. The Morgan fingerprint density at radius 3 is 1.08 bits per heavy atom. The molecule has 0 fully saturated rings. The summed E-state index contributed by atoms with van der Waals surface area (Å²) in [5.41, 5.74) is 0. The van der Waals surface area contributed by atoms with Crippen LogP contribution in [-0.4, -0.2) is 47.4 Å². The molecule has 6 nitrogen and oxygen atoms in total. The van der Waals surface area contributed by atoms with Gasteiger partial charge in [0.15, 0.2) is 0 Å².